The molecule has 106 valence electrons. The average molecular weight is 276 g/mol. The lowest BCUT2D eigenvalue weighted by Gasteiger charge is -2.13. The Morgan fingerprint density at radius 2 is 1.80 bits per heavy atom. The van der Waals surface area contributed by atoms with Gasteiger partial charge in [-0.25, -0.2) is 4.39 Å². The number of ether oxygens (including phenoxy) is 2. The van der Waals surface area contributed by atoms with Crippen molar-refractivity contribution >= 4 is 0 Å². The summed E-state index contributed by atoms with van der Waals surface area (Å²) >= 11 is 0. The highest BCUT2D eigenvalue weighted by molar-refractivity contribution is 5.43. The fourth-order valence-corrected chi connectivity index (χ4v) is 1.79. The molecule has 2 aromatic rings. The van der Waals surface area contributed by atoms with Gasteiger partial charge in [0.15, 0.2) is 23.1 Å². The number of halogens is 1. The minimum Gasteiger partial charge on any atom is -0.490 e. The molecule has 2 aromatic carbocycles. The molecule has 0 unspecified atom stereocenters. The smallest absolute Gasteiger partial charge is 0.169 e. The lowest BCUT2D eigenvalue weighted by molar-refractivity contribution is 0.198. The van der Waals surface area contributed by atoms with Crippen LogP contribution in [0.15, 0.2) is 42.5 Å². The predicted molar refractivity (Wildman–Crippen MR) is 74.7 cm³/mol. The monoisotopic (exact) mass is 276 g/mol. The van der Waals surface area contributed by atoms with Crippen molar-refractivity contribution in [2.75, 3.05) is 6.61 Å². The van der Waals surface area contributed by atoms with Crippen LogP contribution in [0.4, 0.5) is 4.39 Å². The first-order chi connectivity index (χ1) is 9.61. The Balaban J connectivity index is 2.26. The summed E-state index contributed by atoms with van der Waals surface area (Å²) < 4.78 is 24.9. The third-order valence-corrected chi connectivity index (χ3v) is 2.81. The largest absolute Gasteiger partial charge is 0.490 e. The van der Waals surface area contributed by atoms with Gasteiger partial charge < -0.3 is 14.6 Å². The van der Waals surface area contributed by atoms with Crippen LogP contribution in [0.2, 0.25) is 0 Å². The number of rotatable bonds is 5. The third-order valence-electron chi connectivity index (χ3n) is 2.81. The molecule has 0 saturated carbocycles. The molecule has 1 N–H and O–H groups in total. The van der Waals surface area contributed by atoms with Crippen LogP contribution in [0, 0.1) is 5.82 Å². The zero-order chi connectivity index (χ0) is 14.5. The van der Waals surface area contributed by atoms with Gasteiger partial charge in [-0.15, -0.1) is 0 Å². The van der Waals surface area contributed by atoms with E-state index < -0.39 is 11.9 Å². The summed E-state index contributed by atoms with van der Waals surface area (Å²) in [5.74, 6) is 0.600. The molecule has 2 rings (SSSR count). The number of benzene rings is 2. The fraction of sp³-hybridized carbons (Fsp3) is 0.250. The number of hydrogen-bond acceptors (Lipinski definition) is 3. The molecule has 20 heavy (non-hydrogen) atoms. The summed E-state index contributed by atoms with van der Waals surface area (Å²) in [4.78, 5) is 0. The van der Waals surface area contributed by atoms with Gasteiger partial charge in [0.25, 0.3) is 0 Å². The van der Waals surface area contributed by atoms with Crippen LogP contribution in [0.5, 0.6) is 17.2 Å². The molecule has 0 heterocycles. The molecule has 0 aromatic heterocycles. The first-order valence-corrected chi connectivity index (χ1v) is 6.49. The highest BCUT2D eigenvalue weighted by Gasteiger charge is 2.11. The summed E-state index contributed by atoms with van der Waals surface area (Å²) in [7, 11) is 0. The van der Waals surface area contributed by atoms with E-state index in [1.54, 1.807) is 31.2 Å². The maximum absolute atomic E-state index is 13.9. The maximum atomic E-state index is 13.9. The van der Waals surface area contributed by atoms with Crippen molar-refractivity contribution in [1.82, 2.24) is 0 Å². The van der Waals surface area contributed by atoms with Gasteiger partial charge in [0.05, 0.1) is 12.7 Å². The molecule has 0 aliphatic heterocycles. The second-order valence-electron chi connectivity index (χ2n) is 4.35. The van der Waals surface area contributed by atoms with Gasteiger partial charge in [0.1, 0.15) is 0 Å². The molecular weight excluding hydrogens is 259 g/mol. The van der Waals surface area contributed by atoms with Crippen molar-refractivity contribution in [3.05, 3.63) is 53.8 Å². The highest BCUT2D eigenvalue weighted by atomic mass is 19.1. The van der Waals surface area contributed by atoms with Gasteiger partial charge in [0.2, 0.25) is 0 Å². The van der Waals surface area contributed by atoms with E-state index in [-0.39, 0.29) is 5.75 Å². The molecule has 0 fully saturated rings. The highest BCUT2D eigenvalue weighted by Crippen LogP contribution is 2.33. The molecular formula is C16H17FO3. The van der Waals surface area contributed by atoms with Crippen molar-refractivity contribution in [2.24, 2.45) is 0 Å². The zero-order valence-electron chi connectivity index (χ0n) is 11.5. The van der Waals surface area contributed by atoms with Crippen molar-refractivity contribution in [3.8, 4) is 17.2 Å². The second-order valence-corrected chi connectivity index (χ2v) is 4.35. The van der Waals surface area contributed by atoms with Crippen LogP contribution >= 0.6 is 0 Å². The van der Waals surface area contributed by atoms with Gasteiger partial charge in [-0.1, -0.05) is 18.2 Å². The van der Waals surface area contributed by atoms with Crippen molar-refractivity contribution in [3.63, 3.8) is 0 Å². The summed E-state index contributed by atoms with van der Waals surface area (Å²) in [6, 6.07) is 11.5. The average Bonchev–Trinajstić information content (AvgIpc) is 2.43. The first kappa shape index (κ1) is 14.3. The van der Waals surface area contributed by atoms with Gasteiger partial charge in [0, 0.05) is 0 Å². The van der Waals surface area contributed by atoms with Gasteiger partial charge in [-0.05, 0) is 43.7 Å². The zero-order valence-corrected chi connectivity index (χ0v) is 11.5. The Morgan fingerprint density at radius 1 is 1.10 bits per heavy atom. The molecule has 3 nitrogen and oxygen atoms in total. The summed E-state index contributed by atoms with van der Waals surface area (Å²) in [6.45, 7) is 3.96. The first-order valence-electron chi connectivity index (χ1n) is 6.49. The minimum atomic E-state index is -0.714. The van der Waals surface area contributed by atoms with Crippen molar-refractivity contribution in [1.29, 1.82) is 0 Å². The van der Waals surface area contributed by atoms with E-state index in [0.29, 0.717) is 23.7 Å². The molecule has 0 amide bonds. The number of hydrogen-bond donors (Lipinski definition) is 1. The lowest BCUT2D eigenvalue weighted by atomic mass is 10.1. The van der Waals surface area contributed by atoms with E-state index in [4.69, 9.17) is 9.47 Å². The van der Waals surface area contributed by atoms with Crippen LogP contribution in [0.3, 0.4) is 0 Å². The molecule has 1 atom stereocenters. The summed E-state index contributed by atoms with van der Waals surface area (Å²) in [6.07, 6.45) is -0.714. The van der Waals surface area contributed by atoms with E-state index in [0.717, 1.165) is 0 Å². The number of aliphatic hydroxyl groups is 1. The summed E-state index contributed by atoms with van der Waals surface area (Å²) in [5.41, 5.74) is 0.507. The third kappa shape index (κ3) is 3.27. The molecule has 0 radical (unpaired) electrons. The Kier molecular flexibility index (Phi) is 4.58. The molecule has 0 aliphatic carbocycles. The lowest BCUT2D eigenvalue weighted by Crippen LogP contribution is -1.97. The number of para-hydroxylation sites is 2. The topological polar surface area (TPSA) is 38.7 Å². The Morgan fingerprint density at radius 3 is 2.40 bits per heavy atom. The van der Waals surface area contributed by atoms with E-state index >= 15 is 0 Å². The van der Waals surface area contributed by atoms with E-state index in [1.807, 2.05) is 13.0 Å². The van der Waals surface area contributed by atoms with E-state index in [2.05, 4.69) is 0 Å². The van der Waals surface area contributed by atoms with Crippen LogP contribution < -0.4 is 9.47 Å². The molecule has 0 bridgehead atoms. The van der Waals surface area contributed by atoms with Crippen LogP contribution in [-0.4, -0.2) is 11.7 Å². The second kappa shape index (κ2) is 6.39. The minimum absolute atomic E-state index is 0.0987. The fourth-order valence-electron chi connectivity index (χ4n) is 1.79. The molecule has 0 spiro atoms. The quantitative estimate of drug-likeness (QED) is 0.894. The van der Waals surface area contributed by atoms with Crippen LogP contribution in [-0.2, 0) is 0 Å². The predicted octanol–water partition coefficient (Wildman–Crippen LogP) is 4.07. The maximum Gasteiger partial charge on any atom is 0.169 e. The Bertz CT molecular complexity index is 582. The molecule has 0 saturated heterocycles. The van der Waals surface area contributed by atoms with Crippen molar-refractivity contribution in [2.45, 2.75) is 20.0 Å². The molecule has 0 aliphatic rings. The summed E-state index contributed by atoms with van der Waals surface area (Å²) in [5, 5.41) is 9.42. The van der Waals surface area contributed by atoms with Crippen molar-refractivity contribution < 1.29 is 19.0 Å². The number of aliphatic hydroxyl groups excluding tert-OH is 1. The van der Waals surface area contributed by atoms with Gasteiger partial charge >= 0.3 is 0 Å². The van der Waals surface area contributed by atoms with E-state index in [9.17, 15) is 9.50 Å². The van der Waals surface area contributed by atoms with Crippen LogP contribution in [0.1, 0.15) is 25.5 Å². The van der Waals surface area contributed by atoms with E-state index in [1.165, 1.54) is 12.1 Å². The van der Waals surface area contributed by atoms with Crippen LogP contribution in [0.25, 0.3) is 0 Å². The standard InChI is InChI=1S/C16H17FO3/c1-3-19-15-6-4-5-7-16(15)20-14-9-8-12(11(2)18)10-13(14)17/h4-11,18H,3H2,1-2H3/t11-/m1/s1. The van der Waals surface area contributed by atoms with Gasteiger partial charge in [-0.2, -0.15) is 0 Å². The SMILES string of the molecule is CCOc1ccccc1Oc1ccc([C@@H](C)O)cc1F. The Hall–Kier alpha value is -2.07. The Labute approximate surface area is 117 Å². The van der Waals surface area contributed by atoms with Gasteiger partial charge in [-0.3, -0.25) is 0 Å². The molecule has 4 heteroatoms. The normalized spacial score (nSPS) is 12.0.